The predicted octanol–water partition coefficient (Wildman–Crippen LogP) is 4.61. The summed E-state index contributed by atoms with van der Waals surface area (Å²) in [6.07, 6.45) is 0. The monoisotopic (exact) mass is 255 g/mol. The normalized spacial score (nSPS) is 10.3. The average molecular weight is 255 g/mol. The van der Waals surface area contributed by atoms with Gasteiger partial charge in [0.15, 0.2) is 0 Å². The minimum absolute atomic E-state index is 0.190. The van der Waals surface area contributed by atoms with Gasteiger partial charge < -0.3 is 4.74 Å². The smallest absolute Gasteiger partial charge is 0.145 e. The van der Waals surface area contributed by atoms with Crippen LogP contribution in [0.3, 0.4) is 0 Å². The first-order valence-electron chi connectivity index (χ1n) is 6.07. The second kappa shape index (κ2) is 5.53. The zero-order chi connectivity index (χ0) is 13.8. The zero-order valence-corrected chi connectivity index (χ0v) is 10.9. The molecule has 0 heterocycles. The van der Waals surface area contributed by atoms with Gasteiger partial charge in [0.05, 0.1) is 5.56 Å². The maximum absolute atomic E-state index is 13.0. The molecule has 0 amide bonds. The number of hydrogen-bond donors (Lipinski definition) is 0. The summed E-state index contributed by atoms with van der Waals surface area (Å²) in [5.74, 6) is 0.964. The molecule has 2 rings (SSSR count). The number of benzene rings is 2. The predicted molar refractivity (Wildman–Crippen MR) is 71.7 cm³/mol. The van der Waals surface area contributed by atoms with E-state index in [1.165, 1.54) is 18.2 Å². The standard InChI is InChI=1S/C16H14FNO/c1-11(2)12-4-3-5-15(9-12)19-16-7-6-14(17)8-13(16)10-18/h3-9,11H,1-2H3. The molecule has 0 saturated heterocycles. The van der Waals surface area contributed by atoms with Crippen LogP contribution in [0, 0.1) is 17.1 Å². The van der Waals surface area contributed by atoms with Gasteiger partial charge in [-0.3, -0.25) is 0 Å². The van der Waals surface area contributed by atoms with E-state index in [1.54, 1.807) is 0 Å². The highest BCUT2D eigenvalue weighted by Gasteiger charge is 2.07. The van der Waals surface area contributed by atoms with E-state index in [4.69, 9.17) is 10.00 Å². The van der Waals surface area contributed by atoms with E-state index in [0.717, 1.165) is 5.56 Å². The van der Waals surface area contributed by atoms with E-state index < -0.39 is 5.82 Å². The summed E-state index contributed by atoms with van der Waals surface area (Å²) in [6.45, 7) is 4.19. The largest absolute Gasteiger partial charge is 0.456 e. The second-order valence-corrected chi connectivity index (χ2v) is 4.58. The molecule has 0 atom stereocenters. The van der Waals surface area contributed by atoms with Crippen LogP contribution in [0.15, 0.2) is 42.5 Å². The number of nitriles is 1. The van der Waals surface area contributed by atoms with Crippen molar-refractivity contribution in [1.29, 1.82) is 5.26 Å². The molecule has 0 fully saturated rings. The molecule has 96 valence electrons. The third-order valence-electron chi connectivity index (χ3n) is 2.81. The van der Waals surface area contributed by atoms with Crippen molar-refractivity contribution in [1.82, 2.24) is 0 Å². The molecule has 0 bridgehead atoms. The van der Waals surface area contributed by atoms with Crippen molar-refractivity contribution in [2.75, 3.05) is 0 Å². The molecule has 0 radical (unpaired) electrons. The van der Waals surface area contributed by atoms with Gasteiger partial charge >= 0.3 is 0 Å². The maximum atomic E-state index is 13.0. The number of hydrogen-bond acceptors (Lipinski definition) is 2. The van der Waals surface area contributed by atoms with E-state index in [0.29, 0.717) is 17.4 Å². The Morgan fingerprint density at radius 1 is 1.16 bits per heavy atom. The van der Waals surface area contributed by atoms with Gasteiger partial charge in [0.1, 0.15) is 23.4 Å². The molecule has 0 N–H and O–H groups in total. The summed E-state index contributed by atoms with van der Waals surface area (Å²) in [5, 5.41) is 8.97. The van der Waals surface area contributed by atoms with Crippen molar-refractivity contribution in [2.45, 2.75) is 19.8 Å². The summed E-state index contributed by atoms with van der Waals surface area (Å²) in [5.41, 5.74) is 1.34. The van der Waals surface area contributed by atoms with Gasteiger partial charge in [-0.15, -0.1) is 0 Å². The van der Waals surface area contributed by atoms with E-state index in [9.17, 15) is 4.39 Å². The fourth-order valence-corrected chi connectivity index (χ4v) is 1.74. The first kappa shape index (κ1) is 13.1. The lowest BCUT2D eigenvalue weighted by Crippen LogP contribution is -1.92. The van der Waals surface area contributed by atoms with Crippen molar-refractivity contribution >= 4 is 0 Å². The van der Waals surface area contributed by atoms with E-state index in [-0.39, 0.29) is 5.56 Å². The molecule has 0 aliphatic carbocycles. The number of ether oxygens (including phenoxy) is 1. The fourth-order valence-electron chi connectivity index (χ4n) is 1.74. The van der Waals surface area contributed by atoms with Gasteiger partial charge in [0, 0.05) is 0 Å². The Bertz CT molecular complexity index is 629. The van der Waals surface area contributed by atoms with Crippen LogP contribution < -0.4 is 4.74 Å². The second-order valence-electron chi connectivity index (χ2n) is 4.58. The topological polar surface area (TPSA) is 33.0 Å². The molecule has 0 saturated carbocycles. The lowest BCUT2D eigenvalue weighted by atomic mass is 10.0. The lowest BCUT2D eigenvalue weighted by Gasteiger charge is -2.10. The third-order valence-corrected chi connectivity index (χ3v) is 2.81. The molecule has 2 nitrogen and oxygen atoms in total. The average Bonchev–Trinajstić information content (AvgIpc) is 2.41. The van der Waals surface area contributed by atoms with Crippen LogP contribution >= 0.6 is 0 Å². The molecule has 3 heteroatoms. The highest BCUT2D eigenvalue weighted by atomic mass is 19.1. The Hall–Kier alpha value is -2.34. The third kappa shape index (κ3) is 3.11. The minimum Gasteiger partial charge on any atom is -0.456 e. The Morgan fingerprint density at radius 3 is 2.63 bits per heavy atom. The van der Waals surface area contributed by atoms with E-state index in [2.05, 4.69) is 13.8 Å². The van der Waals surface area contributed by atoms with Gasteiger partial charge in [0.2, 0.25) is 0 Å². The lowest BCUT2D eigenvalue weighted by molar-refractivity contribution is 0.478. The number of halogens is 1. The molecule has 0 unspecified atom stereocenters. The summed E-state index contributed by atoms with van der Waals surface area (Å²) in [7, 11) is 0. The molecule has 0 spiro atoms. The Labute approximate surface area is 112 Å². The first-order valence-corrected chi connectivity index (χ1v) is 6.07. The molecular weight excluding hydrogens is 241 g/mol. The van der Waals surface area contributed by atoms with Crippen LogP contribution in [0.2, 0.25) is 0 Å². The Balaban J connectivity index is 2.31. The van der Waals surface area contributed by atoms with Crippen LogP contribution in [0.5, 0.6) is 11.5 Å². The molecule has 2 aromatic rings. The molecule has 0 aliphatic rings. The van der Waals surface area contributed by atoms with Crippen LogP contribution in [-0.2, 0) is 0 Å². The van der Waals surface area contributed by atoms with Crippen molar-refractivity contribution in [3.8, 4) is 17.6 Å². The highest BCUT2D eigenvalue weighted by molar-refractivity contribution is 5.46. The number of rotatable bonds is 3. The van der Waals surface area contributed by atoms with Gasteiger partial charge in [-0.1, -0.05) is 26.0 Å². The van der Waals surface area contributed by atoms with Crippen LogP contribution in [0.4, 0.5) is 4.39 Å². The van der Waals surface area contributed by atoms with Crippen molar-refractivity contribution in [3.05, 3.63) is 59.4 Å². The summed E-state index contributed by atoms with van der Waals surface area (Å²) in [6, 6.07) is 13.5. The first-order chi connectivity index (χ1) is 9.10. The molecule has 2 aromatic carbocycles. The van der Waals surface area contributed by atoms with Crippen LogP contribution in [0.1, 0.15) is 30.9 Å². The minimum atomic E-state index is -0.445. The molecular formula is C16H14FNO. The molecule has 19 heavy (non-hydrogen) atoms. The SMILES string of the molecule is CC(C)c1cccc(Oc2ccc(F)cc2C#N)c1. The van der Waals surface area contributed by atoms with Crippen LogP contribution in [0.25, 0.3) is 0 Å². The highest BCUT2D eigenvalue weighted by Crippen LogP contribution is 2.27. The van der Waals surface area contributed by atoms with Crippen molar-refractivity contribution in [3.63, 3.8) is 0 Å². The quantitative estimate of drug-likeness (QED) is 0.802. The summed E-state index contributed by atoms with van der Waals surface area (Å²) >= 11 is 0. The Morgan fingerprint density at radius 2 is 1.95 bits per heavy atom. The van der Waals surface area contributed by atoms with Crippen molar-refractivity contribution < 1.29 is 9.13 Å². The Kier molecular flexibility index (Phi) is 3.82. The van der Waals surface area contributed by atoms with Crippen molar-refractivity contribution in [2.24, 2.45) is 0 Å². The summed E-state index contributed by atoms with van der Waals surface area (Å²) < 4.78 is 18.7. The van der Waals surface area contributed by atoms with Gasteiger partial charge in [0.25, 0.3) is 0 Å². The number of nitrogens with zero attached hydrogens (tertiary/aromatic N) is 1. The molecule has 0 aliphatic heterocycles. The van der Waals surface area contributed by atoms with E-state index >= 15 is 0 Å². The van der Waals surface area contributed by atoms with Gasteiger partial charge in [-0.2, -0.15) is 5.26 Å². The zero-order valence-electron chi connectivity index (χ0n) is 10.9. The molecule has 0 aromatic heterocycles. The van der Waals surface area contributed by atoms with Gasteiger partial charge in [-0.05, 0) is 41.8 Å². The maximum Gasteiger partial charge on any atom is 0.145 e. The van der Waals surface area contributed by atoms with Gasteiger partial charge in [-0.25, -0.2) is 4.39 Å². The van der Waals surface area contributed by atoms with Crippen LogP contribution in [-0.4, -0.2) is 0 Å². The fraction of sp³-hybridized carbons (Fsp3) is 0.188. The summed E-state index contributed by atoms with van der Waals surface area (Å²) in [4.78, 5) is 0. The van der Waals surface area contributed by atoms with E-state index in [1.807, 2.05) is 30.3 Å².